The van der Waals surface area contributed by atoms with E-state index in [9.17, 15) is 31.4 Å². The summed E-state index contributed by atoms with van der Waals surface area (Å²) in [6.07, 6.45) is -9.51. The fourth-order valence-electron chi connectivity index (χ4n) is 3.11. The zero-order valence-electron chi connectivity index (χ0n) is 14.1. The number of halogens is 6. The molecule has 0 spiro atoms. The van der Waals surface area contributed by atoms with Crippen molar-refractivity contribution in [3.8, 4) is 0 Å². The summed E-state index contributed by atoms with van der Waals surface area (Å²) >= 11 is 0. The molecule has 0 bridgehead atoms. The molecule has 1 saturated carbocycles. The summed E-state index contributed by atoms with van der Waals surface area (Å²) < 4.78 is 78.3. The quantitative estimate of drug-likeness (QED) is 0.549. The molecule has 0 atom stereocenters. The van der Waals surface area contributed by atoms with Crippen molar-refractivity contribution >= 4 is 5.71 Å². The second-order valence-corrected chi connectivity index (χ2v) is 6.68. The first kappa shape index (κ1) is 20.7. The minimum absolute atomic E-state index is 0.161. The lowest BCUT2D eigenvalue weighted by molar-refractivity contribution is -0.365. The first-order valence-electron chi connectivity index (χ1n) is 8.48. The van der Waals surface area contributed by atoms with Gasteiger partial charge in [-0.05, 0) is 18.4 Å². The Balaban J connectivity index is 2.34. The van der Waals surface area contributed by atoms with Crippen LogP contribution in [0.5, 0.6) is 0 Å². The van der Waals surface area contributed by atoms with E-state index < -0.39 is 24.4 Å². The van der Waals surface area contributed by atoms with Gasteiger partial charge in [-0.15, -0.1) is 0 Å². The van der Waals surface area contributed by atoms with E-state index in [2.05, 4.69) is 4.99 Å². The topological polar surface area (TPSA) is 32.6 Å². The van der Waals surface area contributed by atoms with E-state index in [1.54, 1.807) is 30.3 Å². The average molecular weight is 381 g/mol. The molecular formula is C18H21F6NO. The third-order valence-corrected chi connectivity index (χ3v) is 4.59. The van der Waals surface area contributed by atoms with Gasteiger partial charge in [0.15, 0.2) is 0 Å². The summed E-state index contributed by atoms with van der Waals surface area (Å²) in [6, 6.07) is 7.91. The number of aliphatic hydroxyl groups is 1. The molecule has 1 fully saturated rings. The Morgan fingerprint density at radius 2 is 1.46 bits per heavy atom. The second kappa shape index (κ2) is 7.98. The Labute approximate surface area is 147 Å². The highest BCUT2D eigenvalue weighted by Gasteiger charge is 2.70. The van der Waals surface area contributed by atoms with Crippen molar-refractivity contribution in [1.82, 2.24) is 0 Å². The fraction of sp³-hybridized carbons (Fsp3) is 0.611. The molecular weight excluding hydrogens is 360 g/mol. The molecule has 1 aromatic rings. The van der Waals surface area contributed by atoms with Crippen LogP contribution in [-0.2, 0) is 6.42 Å². The predicted molar refractivity (Wildman–Crippen MR) is 86.1 cm³/mol. The van der Waals surface area contributed by atoms with Gasteiger partial charge in [0.1, 0.15) is 0 Å². The number of hydrogen-bond acceptors (Lipinski definition) is 2. The van der Waals surface area contributed by atoms with Gasteiger partial charge in [0.25, 0.3) is 5.60 Å². The lowest BCUT2D eigenvalue weighted by atomic mass is 9.90. The summed E-state index contributed by atoms with van der Waals surface area (Å²) in [6.45, 7) is 0. The van der Waals surface area contributed by atoms with Gasteiger partial charge in [-0.25, -0.2) is 0 Å². The molecule has 0 amide bonds. The molecule has 0 saturated heterocycles. The van der Waals surface area contributed by atoms with E-state index in [1.165, 1.54) is 0 Å². The highest BCUT2D eigenvalue weighted by molar-refractivity contribution is 5.88. The standard InChI is InChI=1S/C18H21F6NO/c19-17(20,21)16(26,18(22,23)24)12-15(11-13-7-3-1-4-8-13)25-14-9-5-2-6-10-14/h1,3-4,7-8,14,26H,2,5-6,9-12H2. The number of alkyl halides is 6. The van der Waals surface area contributed by atoms with E-state index in [0.717, 1.165) is 19.3 Å². The van der Waals surface area contributed by atoms with Gasteiger partial charge in [0.05, 0.1) is 0 Å². The maximum Gasteiger partial charge on any atom is 0.426 e. The van der Waals surface area contributed by atoms with Crippen LogP contribution in [0.25, 0.3) is 0 Å². The Morgan fingerprint density at radius 3 is 1.96 bits per heavy atom. The van der Waals surface area contributed by atoms with E-state index in [4.69, 9.17) is 0 Å². The maximum absolute atomic E-state index is 13.1. The molecule has 0 heterocycles. The number of rotatable bonds is 5. The molecule has 146 valence electrons. The van der Waals surface area contributed by atoms with E-state index in [1.807, 2.05) is 0 Å². The van der Waals surface area contributed by atoms with Gasteiger partial charge in [-0.2, -0.15) is 26.3 Å². The molecule has 0 radical (unpaired) electrons. The van der Waals surface area contributed by atoms with Gasteiger partial charge in [-0.1, -0.05) is 49.6 Å². The minimum atomic E-state index is -5.84. The van der Waals surface area contributed by atoms with Crippen molar-refractivity contribution in [2.75, 3.05) is 0 Å². The van der Waals surface area contributed by atoms with Crippen LogP contribution in [0.4, 0.5) is 26.3 Å². The molecule has 1 aromatic carbocycles. The molecule has 0 unspecified atom stereocenters. The summed E-state index contributed by atoms with van der Waals surface area (Å²) in [4.78, 5) is 4.20. The van der Waals surface area contributed by atoms with Crippen molar-refractivity contribution in [2.45, 2.75) is 68.9 Å². The summed E-state index contributed by atoms with van der Waals surface area (Å²) in [7, 11) is 0. The number of aliphatic imine (C=N–C) groups is 1. The molecule has 26 heavy (non-hydrogen) atoms. The fourth-order valence-corrected chi connectivity index (χ4v) is 3.11. The first-order valence-corrected chi connectivity index (χ1v) is 8.48. The zero-order valence-corrected chi connectivity index (χ0v) is 14.1. The van der Waals surface area contributed by atoms with Crippen LogP contribution in [0.1, 0.15) is 44.1 Å². The van der Waals surface area contributed by atoms with Gasteiger partial charge >= 0.3 is 12.4 Å². The second-order valence-electron chi connectivity index (χ2n) is 6.68. The highest BCUT2D eigenvalue weighted by atomic mass is 19.4. The third kappa shape index (κ3) is 4.99. The smallest absolute Gasteiger partial charge is 0.373 e. The lowest BCUT2D eigenvalue weighted by Gasteiger charge is -2.33. The van der Waals surface area contributed by atoms with Crippen molar-refractivity contribution in [1.29, 1.82) is 0 Å². The van der Waals surface area contributed by atoms with Crippen molar-refractivity contribution in [3.63, 3.8) is 0 Å². The minimum Gasteiger partial charge on any atom is -0.373 e. The van der Waals surface area contributed by atoms with Crippen LogP contribution in [0.2, 0.25) is 0 Å². The number of benzene rings is 1. The molecule has 1 aliphatic carbocycles. The maximum atomic E-state index is 13.1. The lowest BCUT2D eigenvalue weighted by Crippen LogP contribution is -2.58. The number of nitrogens with zero attached hydrogens (tertiary/aromatic N) is 1. The van der Waals surface area contributed by atoms with Crippen molar-refractivity contribution in [2.24, 2.45) is 4.99 Å². The SMILES string of the molecule is OC(CC(Cc1ccccc1)=NC1CCCCC1)(C(F)(F)F)C(F)(F)F. The molecule has 1 N–H and O–H groups in total. The summed E-state index contributed by atoms with van der Waals surface area (Å²) in [5.74, 6) is 0. The van der Waals surface area contributed by atoms with Gasteiger partial charge < -0.3 is 5.11 Å². The van der Waals surface area contributed by atoms with Gasteiger partial charge in [0, 0.05) is 24.6 Å². The van der Waals surface area contributed by atoms with Crippen LogP contribution in [0.3, 0.4) is 0 Å². The van der Waals surface area contributed by atoms with Crippen LogP contribution >= 0.6 is 0 Å². The predicted octanol–water partition coefficient (Wildman–Crippen LogP) is 5.25. The average Bonchev–Trinajstić information content (AvgIpc) is 2.54. The molecule has 2 rings (SSSR count). The molecule has 1 aliphatic rings. The normalized spacial score (nSPS) is 18.2. The molecule has 8 heteroatoms. The van der Waals surface area contributed by atoms with Crippen molar-refractivity contribution < 1.29 is 31.4 Å². The Kier molecular flexibility index (Phi) is 6.37. The van der Waals surface area contributed by atoms with Crippen LogP contribution in [0.15, 0.2) is 35.3 Å². The molecule has 0 aliphatic heterocycles. The van der Waals surface area contributed by atoms with Gasteiger partial charge in [-0.3, -0.25) is 4.99 Å². The summed E-state index contributed by atoms with van der Waals surface area (Å²) in [5, 5.41) is 9.53. The molecule has 2 nitrogen and oxygen atoms in total. The highest BCUT2D eigenvalue weighted by Crippen LogP contribution is 2.45. The van der Waals surface area contributed by atoms with E-state index >= 15 is 0 Å². The summed E-state index contributed by atoms with van der Waals surface area (Å²) in [5.41, 5.74) is -4.53. The van der Waals surface area contributed by atoms with E-state index in [-0.39, 0.29) is 18.2 Å². The Hall–Kier alpha value is -1.57. The van der Waals surface area contributed by atoms with Crippen molar-refractivity contribution in [3.05, 3.63) is 35.9 Å². The van der Waals surface area contributed by atoms with Crippen LogP contribution in [-0.4, -0.2) is 34.8 Å². The zero-order chi connectivity index (χ0) is 19.4. The largest absolute Gasteiger partial charge is 0.426 e. The molecule has 0 aromatic heterocycles. The Bertz CT molecular complexity index is 588. The van der Waals surface area contributed by atoms with Crippen LogP contribution < -0.4 is 0 Å². The number of hydrogen-bond donors (Lipinski definition) is 1. The third-order valence-electron chi connectivity index (χ3n) is 4.59. The first-order chi connectivity index (χ1) is 12.0. The monoisotopic (exact) mass is 381 g/mol. The van der Waals surface area contributed by atoms with E-state index in [0.29, 0.717) is 18.4 Å². The van der Waals surface area contributed by atoms with Crippen LogP contribution in [0, 0.1) is 0 Å². The Morgan fingerprint density at radius 1 is 0.923 bits per heavy atom. The van der Waals surface area contributed by atoms with Gasteiger partial charge in [0.2, 0.25) is 0 Å².